The van der Waals surface area contributed by atoms with E-state index in [9.17, 15) is 19.0 Å². The Labute approximate surface area is 281 Å². The number of rotatable bonds is 34. The van der Waals surface area contributed by atoms with Crippen molar-refractivity contribution in [2.24, 2.45) is 5.73 Å². The molecule has 0 saturated heterocycles. The first-order valence-electron chi connectivity index (χ1n) is 18.3. The molecule has 2 unspecified atom stereocenters. The van der Waals surface area contributed by atoms with Crippen LogP contribution >= 0.6 is 7.82 Å². The van der Waals surface area contributed by atoms with E-state index in [2.05, 4.69) is 38.2 Å². The number of allylic oxidation sites excluding steroid dienone is 4. The Morgan fingerprint density at radius 1 is 0.652 bits per heavy atom. The number of hydrogen-bond donors (Lipinski definition) is 2. The molecule has 0 heterocycles. The Morgan fingerprint density at radius 3 is 1.67 bits per heavy atom. The quantitative estimate of drug-likeness (QED) is 0.0296. The third kappa shape index (κ3) is 32.4. The number of carbonyl (C=O) groups excluding carboxylic acids is 2. The minimum atomic E-state index is -4.36. The lowest BCUT2D eigenvalue weighted by molar-refractivity contribution is -0.161. The van der Waals surface area contributed by atoms with Crippen molar-refractivity contribution in [3.05, 3.63) is 24.3 Å². The molecule has 0 aliphatic heterocycles. The summed E-state index contributed by atoms with van der Waals surface area (Å²) in [4.78, 5) is 34.3. The van der Waals surface area contributed by atoms with Gasteiger partial charge >= 0.3 is 19.8 Å². The van der Waals surface area contributed by atoms with E-state index in [1.807, 2.05) is 0 Å². The van der Waals surface area contributed by atoms with E-state index in [1.165, 1.54) is 70.6 Å². The first-order chi connectivity index (χ1) is 22.3. The zero-order valence-corrected chi connectivity index (χ0v) is 30.2. The molecule has 0 aromatic rings. The summed E-state index contributed by atoms with van der Waals surface area (Å²) in [5, 5.41) is 0. The van der Waals surface area contributed by atoms with E-state index in [0.717, 1.165) is 57.8 Å². The third-order valence-corrected chi connectivity index (χ3v) is 8.57. The number of hydrogen-bond acceptors (Lipinski definition) is 8. The summed E-state index contributed by atoms with van der Waals surface area (Å²) < 4.78 is 32.3. The van der Waals surface area contributed by atoms with Crippen LogP contribution in [0.3, 0.4) is 0 Å². The van der Waals surface area contributed by atoms with Crippen LogP contribution in [0.25, 0.3) is 0 Å². The number of nitrogens with two attached hydrogens (primary N) is 1. The molecule has 0 saturated carbocycles. The average Bonchev–Trinajstić information content (AvgIpc) is 3.04. The Kier molecular flexibility index (Phi) is 32.3. The maximum atomic E-state index is 12.4. The highest BCUT2D eigenvalue weighted by Gasteiger charge is 2.25. The molecule has 0 aromatic carbocycles. The van der Waals surface area contributed by atoms with E-state index >= 15 is 0 Å². The topological polar surface area (TPSA) is 134 Å². The molecular weight excluding hydrogens is 605 g/mol. The van der Waals surface area contributed by atoms with E-state index in [1.54, 1.807) is 0 Å². The van der Waals surface area contributed by atoms with Gasteiger partial charge in [-0.05, 0) is 44.9 Å². The summed E-state index contributed by atoms with van der Waals surface area (Å²) in [5.41, 5.74) is 5.30. The van der Waals surface area contributed by atoms with Crippen molar-refractivity contribution in [2.45, 2.75) is 168 Å². The highest BCUT2D eigenvalue weighted by atomic mass is 31.2. The van der Waals surface area contributed by atoms with Crippen LogP contribution in [0, 0.1) is 0 Å². The Bertz CT molecular complexity index is 820. The summed E-state index contributed by atoms with van der Waals surface area (Å²) in [6.45, 7) is 3.57. The standard InChI is InChI=1S/C36H68NO8P/c1-3-5-7-9-10-11-12-13-14-15-16-17-18-19-20-21-22-23-24-25-27-29-36(39)45-34(33-44-46(40,41)43-31-30-37)32-42-35(38)28-26-8-6-4-2/h12-13,15-16,34H,3-11,14,17-33,37H2,1-2H3,(H,40,41)/b13-12-,16-15-. The van der Waals surface area contributed by atoms with Crippen molar-refractivity contribution >= 4 is 19.8 Å². The van der Waals surface area contributed by atoms with Crippen LogP contribution in [0.1, 0.15) is 162 Å². The molecule has 0 aliphatic carbocycles. The molecular formula is C36H68NO8P. The molecule has 0 amide bonds. The molecule has 0 radical (unpaired) electrons. The second kappa shape index (κ2) is 33.4. The largest absolute Gasteiger partial charge is 0.472 e. The highest BCUT2D eigenvalue weighted by Crippen LogP contribution is 2.43. The fourth-order valence-corrected chi connectivity index (χ4v) is 5.60. The van der Waals surface area contributed by atoms with Crippen molar-refractivity contribution in [1.82, 2.24) is 0 Å². The Morgan fingerprint density at radius 2 is 1.13 bits per heavy atom. The van der Waals surface area contributed by atoms with Crippen molar-refractivity contribution in [2.75, 3.05) is 26.4 Å². The predicted molar refractivity (Wildman–Crippen MR) is 187 cm³/mol. The van der Waals surface area contributed by atoms with Gasteiger partial charge in [-0.3, -0.25) is 18.6 Å². The fraction of sp³-hybridized carbons (Fsp3) is 0.833. The molecule has 10 heteroatoms. The minimum absolute atomic E-state index is 0.0532. The van der Waals surface area contributed by atoms with E-state index in [0.29, 0.717) is 6.42 Å². The lowest BCUT2D eigenvalue weighted by Crippen LogP contribution is -2.29. The molecule has 0 fully saturated rings. The van der Waals surface area contributed by atoms with Crippen molar-refractivity contribution in [3.63, 3.8) is 0 Å². The summed E-state index contributed by atoms with van der Waals surface area (Å²) in [6, 6.07) is 0. The maximum absolute atomic E-state index is 12.4. The number of phosphoric ester groups is 1. The summed E-state index contributed by atoms with van der Waals surface area (Å²) in [5.74, 6) is -0.853. The second-order valence-electron chi connectivity index (χ2n) is 12.1. The molecule has 0 spiro atoms. The van der Waals surface area contributed by atoms with E-state index in [4.69, 9.17) is 24.3 Å². The van der Waals surface area contributed by atoms with Crippen LogP contribution in [0.2, 0.25) is 0 Å². The zero-order valence-electron chi connectivity index (χ0n) is 29.3. The first kappa shape index (κ1) is 44.5. The SMILES string of the molecule is CCCCCCC/C=C\C/C=C\CCCCCCCCCCCC(=O)OC(COC(=O)CCCCCC)COP(=O)(O)OCCN. The normalized spacial score (nSPS) is 13.7. The highest BCUT2D eigenvalue weighted by molar-refractivity contribution is 7.47. The van der Waals surface area contributed by atoms with Gasteiger partial charge in [0.05, 0.1) is 13.2 Å². The number of ether oxygens (including phenoxy) is 2. The number of phosphoric acid groups is 1. The van der Waals surface area contributed by atoms with Crippen molar-refractivity contribution in [1.29, 1.82) is 0 Å². The fourth-order valence-electron chi connectivity index (χ4n) is 4.84. The van der Waals surface area contributed by atoms with Gasteiger partial charge in [0, 0.05) is 19.4 Å². The van der Waals surface area contributed by atoms with Gasteiger partial charge < -0.3 is 20.1 Å². The van der Waals surface area contributed by atoms with E-state index < -0.39 is 32.5 Å². The van der Waals surface area contributed by atoms with Gasteiger partial charge in [-0.25, -0.2) is 4.57 Å². The lowest BCUT2D eigenvalue weighted by atomic mass is 10.1. The maximum Gasteiger partial charge on any atom is 0.472 e. The van der Waals surface area contributed by atoms with Gasteiger partial charge in [-0.15, -0.1) is 0 Å². The summed E-state index contributed by atoms with van der Waals surface area (Å²) >= 11 is 0. The molecule has 3 N–H and O–H groups in total. The van der Waals surface area contributed by atoms with Crippen LogP contribution in [-0.2, 0) is 32.7 Å². The average molecular weight is 674 g/mol. The summed E-state index contributed by atoms with van der Waals surface area (Å²) in [7, 11) is -4.36. The van der Waals surface area contributed by atoms with Gasteiger partial charge in [-0.1, -0.05) is 128 Å². The van der Waals surface area contributed by atoms with Crippen molar-refractivity contribution in [3.8, 4) is 0 Å². The first-order valence-corrected chi connectivity index (χ1v) is 19.8. The molecule has 270 valence electrons. The van der Waals surface area contributed by atoms with Gasteiger partial charge in [0.15, 0.2) is 6.10 Å². The molecule has 2 atom stereocenters. The number of carbonyl (C=O) groups is 2. The van der Waals surface area contributed by atoms with Gasteiger partial charge in [0.1, 0.15) is 6.61 Å². The van der Waals surface area contributed by atoms with Crippen LogP contribution < -0.4 is 5.73 Å². The number of esters is 2. The van der Waals surface area contributed by atoms with Crippen LogP contribution in [0.15, 0.2) is 24.3 Å². The second-order valence-corrected chi connectivity index (χ2v) is 13.5. The van der Waals surface area contributed by atoms with Crippen LogP contribution in [0.4, 0.5) is 0 Å². The van der Waals surface area contributed by atoms with Crippen molar-refractivity contribution < 1.29 is 37.6 Å². The minimum Gasteiger partial charge on any atom is -0.462 e. The molecule has 9 nitrogen and oxygen atoms in total. The third-order valence-electron chi connectivity index (χ3n) is 7.59. The Hall–Kier alpha value is -1.51. The van der Waals surface area contributed by atoms with Gasteiger partial charge in [0.2, 0.25) is 0 Å². The molecule has 0 bridgehead atoms. The molecule has 46 heavy (non-hydrogen) atoms. The molecule has 0 aromatic heterocycles. The molecule has 0 aliphatic rings. The zero-order chi connectivity index (χ0) is 34.0. The monoisotopic (exact) mass is 673 g/mol. The van der Waals surface area contributed by atoms with Crippen LogP contribution in [0.5, 0.6) is 0 Å². The van der Waals surface area contributed by atoms with Gasteiger partial charge in [-0.2, -0.15) is 0 Å². The summed E-state index contributed by atoms with van der Waals surface area (Å²) in [6.07, 6.45) is 32.7. The smallest absolute Gasteiger partial charge is 0.462 e. The Balaban J connectivity index is 4.00. The predicted octanol–water partition coefficient (Wildman–Crippen LogP) is 9.66. The van der Waals surface area contributed by atoms with E-state index in [-0.39, 0.29) is 32.6 Å². The number of unbranched alkanes of at least 4 members (excludes halogenated alkanes) is 17. The lowest BCUT2D eigenvalue weighted by Gasteiger charge is -2.19. The van der Waals surface area contributed by atoms with Gasteiger partial charge in [0.25, 0.3) is 0 Å². The van der Waals surface area contributed by atoms with Crippen LogP contribution in [-0.4, -0.2) is 49.3 Å². The molecule has 0 rings (SSSR count).